The maximum atomic E-state index is 11.7. The fraction of sp³-hybridized carbons (Fsp3) is 0.909. The van der Waals surface area contributed by atoms with Crippen LogP contribution < -0.4 is 10.6 Å². The Bertz CT molecular complexity index is 197. The van der Waals surface area contributed by atoms with Crippen molar-refractivity contribution in [1.82, 2.24) is 10.6 Å². The molecule has 1 aliphatic rings. The van der Waals surface area contributed by atoms with Crippen molar-refractivity contribution in [2.75, 3.05) is 26.3 Å². The molecular weight excluding hydrogens is 192 g/mol. The number of rotatable bonds is 6. The molecule has 1 rings (SSSR count). The summed E-state index contributed by atoms with van der Waals surface area (Å²) in [4.78, 5) is 11.7. The number of hydrogen-bond acceptors (Lipinski definition) is 3. The average molecular weight is 214 g/mol. The zero-order chi connectivity index (χ0) is 11.1. The van der Waals surface area contributed by atoms with Crippen molar-refractivity contribution >= 4 is 5.91 Å². The van der Waals surface area contributed by atoms with Crippen LogP contribution in [-0.2, 0) is 9.53 Å². The van der Waals surface area contributed by atoms with E-state index in [1.807, 2.05) is 0 Å². The summed E-state index contributed by atoms with van der Waals surface area (Å²) in [6.45, 7) is 7.09. The molecule has 15 heavy (non-hydrogen) atoms. The highest BCUT2D eigenvalue weighted by Crippen LogP contribution is 2.13. The van der Waals surface area contributed by atoms with Crippen LogP contribution in [0.1, 0.15) is 26.7 Å². The molecule has 0 saturated carbocycles. The van der Waals surface area contributed by atoms with E-state index in [2.05, 4.69) is 24.5 Å². The van der Waals surface area contributed by atoms with Crippen LogP contribution in [0.15, 0.2) is 0 Å². The van der Waals surface area contributed by atoms with E-state index in [1.165, 1.54) is 0 Å². The fourth-order valence-corrected chi connectivity index (χ4v) is 1.72. The Kier molecular flexibility index (Phi) is 5.65. The zero-order valence-corrected chi connectivity index (χ0v) is 9.71. The van der Waals surface area contributed by atoms with Gasteiger partial charge >= 0.3 is 0 Å². The molecule has 88 valence electrons. The molecule has 1 aliphatic heterocycles. The molecule has 1 saturated heterocycles. The molecule has 0 bridgehead atoms. The molecule has 4 nitrogen and oxygen atoms in total. The number of amides is 1. The second-order valence-corrected chi connectivity index (χ2v) is 4.00. The maximum Gasteiger partial charge on any atom is 0.227 e. The largest absolute Gasteiger partial charge is 0.379 e. The van der Waals surface area contributed by atoms with Gasteiger partial charge in [-0.2, -0.15) is 0 Å². The molecule has 1 amide bonds. The predicted octanol–water partition coefficient (Wildman–Crippen LogP) is 0.527. The van der Waals surface area contributed by atoms with E-state index in [0.29, 0.717) is 13.2 Å². The van der Waals surface area contributed by atoms with Gasteiger partial charge < -0.3 is 15.4 Å². The van der Waals surface area contributed by atoms with E-state index in [0.717, 1.165) is 25.9 Å². The van der Waals surface area contributed by atoms with Crippen LogP contribution in [0.4, 0.5) is 0 Å². The van der Waals surface area contributed by atoms with E-state index in [9.17, 15) is 4.79 Å². The Morgan fingerprint density at radius 2 is 2.00 bits per heavy atom. The second kappa shape index (κ2) is 6.80. The van der Waals surface area contributed by atoms with Gasteiger partial charge in [-0.1, -0.05) is 13.8 Å². The SMILES string of the molecule is CCCNC(=O)C1COCC1NCCC. The molecule has 0 spiro atoms. The minimum absolute atomic E-state index is 0.0110. The average Bonchev–Trinajstić information content (AvgIpc) is 2.71. The van der Waals surface area contributed by atoms with Crippen molar-refractivity contribution in [2.45, 2.75) is 32.7 Å². The van der Waals surface area contributed by atoms with Gasteiger partial charge in [-0.05, 0) is 19.4 Å². The predicted molar refractivity (Wildman–Crippen MR) is 59.7 cm³/mol. The van der Waals surface area contributed by atoms with Gasteiger partial charge in [0.15, 0.2) is 0 Å². The summed E-state index contributed by atoms with van der Waals surface area (Å²) in [6.07, 6.45) is 2.06. The summed E-state index contributed by atoms with van der Waals surface area (Å²) >= 11 is 0. The standard InChI is InChI=1S/C11H22N2O2/c1-3-5-12-10-8-15-7-9(10)11(14)13-6-4-2/h9-10,12H,3-8H2,1-2H3,(H,13,14). The van der Waals surface area contributed by atoms with Crippen LogP contribution in [0, 0.1) is 5.92 Å². The van der Waals surface area contributed by atoms with Crippen LogP contribution in [0.3, 0.4) is 0 Å². The van der Waals surface area contributed by atoms with Crippen molar-refractivity contribution in [1.29, 1.82) is 0 Å². The first-order valence-corrected chi connectivity index (χ1v) is 5.88. The van der Waals surface area contributed by atoms with Crippen LogP contribution in [-0.4, -0.2) is 38.3 Å². The topological polar surface area (TPSA) is 50.4 Å². The van der Waals surface area contributed by atoms with Gasteiger partial charge in [0, 0.05) is 12.6 Å². The monoisotopic (exact) mass is 214 g/mol. The van der Waals surface area contributed by atoms with E-state index in [-0.39, 0.29) is 17.9 Å². The number of ether oxygens (including phenoxy) is 1. The highest BCUT2D eigenvalue weighted by Gasteiger charge is 2.33. The van der Waals surface area contributed by atoms with E-state index >= 15 is 0 Å². The van der Waals surface area contributed by atoms with Gasteiger partial charge in [0.25, 0.3) is 0 Å². The van der Waals surface area contributed by atoms with Crippen LogP contribution in [0.25, 0.3) is 0 Å². The lowest BCUT2D eigenvalue weighted by molar-refractivity contribution is -0.125. The number of nitrogens with one attached hydrogen (secondary N) is 2. The summed E-state index contributed by atoms with van der Waals surface area (Å²) in [6, 6.07) is 0.196. The molecule has 0 aromatic heterocycles. The Hall–Kier alpha value is -0.610. The highest BCUT2D eigenvalue weighted by molar-refractivity contribution is 5.79. The Morgan fingerprint density at radius 3 is 2.67 bits per heavy atom. The van der Waals surface area contributed by atoms with Gasteiger partial charge in [0.1, 0.15) is 0 Å². The molecule has 4 heteroatoms. The summed E-state index contributed by atoms with van der Waals surface area (Å²) in [5.74, 6) is 0.117. The molecule has 0 radical (unpaired) electrons. The molecule has 1 fully saturated rings. The summed E-state index contributed by atoms with van der Waals surface area (Å²) in [5.41, 5.74) is 0. The van der Waals surface area contributed by atoms with E-state index in [1.54, 1.807) is 0 Å². The molecule has 1 heterocycles. The third-order valence-corrected chi connectivity index (χ3v) is 2.62. The molecule has 0 aromatic rings. The van der Waals surface area contributed by atoms with Gasteiger partial charge in [-0.25, -0.2) is 0 Å². The van der Waals surface area contributed by atoms with E-state index in [4.69, 9.17) is 4.74 Å². The third-order valence-electron chi connectivity index (χ3n) is 2.62. The molecule has 0 aromatic carbocycles. The molecule has 2 unspecified atom stereocenters. The highest BCUT2D eigenvalue weighted by atomic mass is 16.5. The van der Waals surface area contributed by atoms with Gasteiger partial charge in [0.2, 0.25) is 5.91 Å². The minimum Gasteiger partial charge on any atom is -0.379 e. The fourth-order valence-electron chi connectivity index (χ4n) is 1.72. The van der Waals surface area contributed by atoms with Crippen molar-refractivity contribution in [3.8, 4) is 0 Å². The zero-order valence-electron chi connectivity index (χ0n) is 9.71. The summed E-state index contributed by atoms with van der Waals surface area (Å²) in [7, 11) is 0. The van der Waals surface area contributed by atoms with Crippen molar-refractivity contribution < 1.29 is 9.53 Å². The molecule has 2 atom stereocenters. The summed E-state index contributed by atoms with van der Waals surface area (Å²) < 4.78 is 5.34. The lowest BCUT2D eigenvalue weighted by Gasteiger charge is -2.18. The first-order chi connectivity index (χ1) is 7.29. The summed E-state index contributed by atoms with van der Waals surface area (Å²) in [5, 5.41) is 6.27. The smallest absolute Gasteiger partial charge is 0.227 e. The van der Waals surface area contributed by atoms with Crippen LogP contribution >= 0.6 is 0 Å². The lowest BCUT2D eigenvalue weighted by Crippen LogP contribution is -2.44. The second-order valence-electron chi connectivity index (χ2n) is 4.00. The number of carbonyl (C=O) groups excluding carboxylic acids is 1. The quantitative estimate of drug-likeness (QED) is 0.678. The lowest BCUT2D eigenvalue weighted by atomic mass is 10.0. The number of hydrogen-bond donors (Lipinski definition) is 2. The first kappa shape index (κ1) is 12.5. The Balaban J connectivity index is 2.34. The molecule has 2 N–H and O–H groups in total. The third kappa shape index (κ3) is 3.80. The van der Waals surface area contributed by atoms with Crippen LogP contribution in [0.2, 0.25) is 0 Å². The molecule has 0 aliphatic carbocycles. The van der Waals surface area contributed by atoms with E-state index < -0.39 is 0 Å². The van der Waals surface area contributed by atoms with Gasteiger partial charge in [-0.3, -0.25) is 4.79 Å². The van der Waals surface area contributed by atoms with Crippen molar-refractivity contribution in [3.05, 3.63) is 0 Å². The van der Waals surface area contributed by atoms with Crippen LogP contribution in [0.5, 0.6) is 0 Å². The Labute approximate surface area is 91.8 Å². The minimum atomic E-state index is -0.0110. The first-order valence-electron chi connectivity index (χ1n) is 5.88. The Morgan fingerprint density at radius 1 is 1.27 bits per heavy atom. The molecular formula is C11H22N2O2. The van der Waals surface area contributed by atoms with Crippen molar-refractivity contribution in [2.24, 2.45) is 5.92 Å². The number of carbonyl (C=O) groups is 1. The van der Waals surface area contributed by atoms with Crippen molar-refractivity contribution in [3.63, 3.8) is 0 Å². The maximum absolute atomic E-state index is 11.7. The van der Waals surface area contributed by atoms with Gasteiger partial charge in [-0.15, -0.1) is 0 Å². The van der Waals surface area contributed by atoms with Gasteiger partial charge in [0.05, 0.1) is 19.1 Å². The normalized spacial score (nSPS) is 25.5.